The van der Waals surface area contributed by atoms with Crippen molar-refractivity contribution >= 4 is 41.6 Å². The molecule has 13 heteroatoms. The lowest BCUT2D eigenvalue weighted by Crippen LogP contribution is -2.56. The number of alkyl carbamates (subject to hydrolysis) is 1. The van der Waals surface area contributed by atoms with E-state index in [1.807, 2.05) is 51.1 Å². The zero-order valence-corrected chi connectivity index (χ0v) is 31.2. The number of hydrazone groups is 1. The van der Waals surface area contributed by atoms with Gasteiger partial charge in [-0.05, 0) is 82.6 Å². The number of amides is 2. The predicted molar refractivity (Wildman–Crippen MR) is 189 cm³/mol. The largest absolute Gasteiger partial charge is 0.458 e. The Hall–Kier alpha value is -4.68. The Bertz CT molecular complexity index is 1640. The lowest BCUT2D eigenvalue weighted by Gasteiger charge is -2.41. The Balaban J connectivity index is 2.14. The van der Waals surface area contributed by atoms with Gasteiger partial charge in [0.2, 0.25) is 0 Å². The summed E-state index contributed by atoms with van der Waals surface area (Å²) in [4.78, 5) is 53.6. The predicted octanol–water partition coefficient (Wildman–Crippen LogP) is 6.34. The van der Waals surface area contributed by atoms with Crippen molar-refractivity contribution in [2.45, 2.75) is 105 Å². The summed E-state index contributed by atoms with van der Waals surface area (Å²) in [6, 6.07) is 10.5. The molecule has 1 heterocycles. The SMILES string of the molecule is CC(=O)OCC(=O)N(CC[C@H](NC(=O)OC(C)(C)C)C(=O)OC(C)(C)C)[C@@H](C1=N[N+](c2cc(F)ccc2F)=CC1Cc1ccccc1)C(C)(C)C. The molecule has 0 aromatic heterocycles. The van der Waals surface area contributed by atoms with Gasteiger partial charge in [0.1, 0.15) is 28.8 Å². The number of hydrogen-bond donors (Lipinski definition) is 1. The van der Waals surface area contributed by atoms with E-state index in [0.29, 0.717) is 12.1 Å². The van der Waals surface area contributed by atoms with Crippen molar-refractivity contribution < 1.29 is 46.9 Å². The van der Waals surface area contributed by atoms with Gasteiger partial charge >= 0.3 is 18.0 Å². The zero-order chi connectivity index (χ0) is 38.3. The zero-order valence-electron chi connectivity index (χ0n) is 31.2. The van der Waals surface area contributed by atoms with Crippen LogP contribution >= 0.6 is 0 Å². The van der Waals surface area contributed by atoms with Crippen LogP contribution in [0.1, 0.15) is 81.2 Å². The van der Waals surface area contributed by atoms with Gasteiger partial charge in [-0.3, -0.25) is 9.59 Å². The Morgan fingerprint density at radius 1 is 0.922 bits per heavy atom. The smallest absolute Gasteiger partial charge is 0.408 e. The van der Waals surface area contributed by atoms with Crippen LogP contribution in [0.15, 0.2) is 53.6 Å². The molecule has 0 radical (unpaired) electrons. The van der Waals surface area contributed by atoms with Crippen LogP contribution in [0.5, 0.6) is 0 Å². The Labute approximate surface area is 299 Å². The maximum Gasteiger partial charge on any atom is 0.408 e. The maximum atomic E-state index is 15.1. The number of nitrogens with one attached hydrogen (secondary N) is 1. The number of nitrogens with zero attached hydrogens (tertiary/aromatic N) is 3. The van der Waals surface area contributed by atoms with Gasteiger partial charge in [-0.25, -0.2) is 14.0 Å². The topological polar surface area (TPSA) is 127 Å². The van der Waals surface area contributed by atoms with Crippen molar-refractivity contribution in [2.24, 2.45) is 16.4 Å². The summed E-state index contributed by atoms with van der Waals surface area (Å²) in [6.07, 6.45) is 1.12. The molecular weight excluding hydrogens is 662 g/mol. The fourth-order valence-corrected chi connectivity index (χ4v) is 5.61. The quantitative estimate of drug-likeness (QED) is 0.155. The number of hydrogen-bond acceptors (Lipinski definition) is 8. The van der Waals surface area contributed by atoms with E-state index in [1.54, 1.807) is 47.8 Å². The second kappa shape index (κ2) is 16.6. The third-order valence-corrected chi connectivity index (χ3v) is 7.55. The molecule has 3 atom stereocenters. The van der Waals surface area contributed by atoms with Gasteiger partial charge in [0, 0.05) is 13.5 Å². The first-order valence-electron chi connectivity index (χ1n) is 16.9. The van der Waals surface area contributed by atoms with Crippen LogP contribution in [0.4, 0.5) is 19.3 Å². The molecule has 0 spiro atoms. The minimum Gasteiger partial charge on any atom is -0.458 e. The summed E-state index contributed by atoms with van der Waals surface area (Å²) < 4.78 is 46.9. The first-order valence-corrected chi connectivity index (χ1v) is 16.9. The molecule has 3 rings (SSSR count). The fourth-order valence-electron chi connectivity index (χ4n) is 5.61. The highest BCUT2D eigenvalue weighted by atomic mass is 19.1. The van der Waals surface area contributed by atoms with Crippen molar-refractivity contribution in [3.8, 4) is 0 Å². The first-order chi connectivity index (χ1) is 23.5. The molecule has 2 aromatic carbocycles. The van der Waals surface area contributed by atoms with Gasteiger partial charge in [-0.2, -0.15) is 4.39 Å². The lowest BCUT2D eigenvalue weighted by atomic mass is 9.77. The van der Waals surface area contributed by atoms with E-state index >= 15 is 4.39 Å². The standard InChI is InChI=1S/C38H50F2N4O7/c1-24(45)49-23-31(46)43(19-18-29(34(47)50-37(5,6)7)41-35(48)51-38(8,9)10)33(36(2,3)4)32-26(20-25-14-12-11-13-15-25)22-44(42-32)30-21-27(39)16-17-28(30)40/h11-17,21-22,26,29,33H,18-20,23H2,1-10H3/p+1/t26?,29-,33-/m0/s1. The number of benzene rings is 2. The van der Waals surface area contributed by atoms with Gasteiger partial charge in [0.15, 0.2) is 18.6 Å². The van der Waals surface area contributed by atoms with Crippen molar-refractivity contribution in [1.82, 2.24) is 10.2 Å². The van der Waals surface area contributed by atoms with E-state index in [0.717, 1.165) is 23.8 Å². The Morgan fingerprint density at radius 3 is 2.12 bits per heavy atom. The average molecular weight is 714 g/mol. The molecule has 2 aromatic rings. The third kappa shape index (κ3) is 12.6. The molecule has 0 saturated carbocycles. The van der Waals surface area contributed by atoms with Crippen LogP contribution in [-0.2, 0) is 35.0 Å². The van der Waals surface area contributed by atoms with E-state index in [2.05, 4.69) is 5.32 Å². The molecule has 51 heavy (non-hydrogen) atoms. The number of carbonyl (C=O) groups excluding carboxylic acids is 4. The highest BCUT2D eigenvalue weighted by Gasteiger charge is 2.46. The highest BCUT2D eigenvalue weighted by molar-refractivity contribution is 6.05. The second-order valence-electron chi connectivity index (χ2n) is 15.6. The second-order valence-corrected chi connectivity index (χ2v) is 15.6. The van der Waals surface area contributed by atoms with Gasteiger partial charge in [-0.1, -0.05) is 55.8 Å². The summed E-state index contributed by atoms with van der Waals surface area (Å²) in [5.74, 6) is -3.85. The first kappa shape index (κ1) is 40.7. The lowest BCUT2D eigenvalue weighted by molar-refractivity contribution is -0.440. The van der Waals surface area contributed by atoms with E-state index in [1.165, 1.54) is 16.5 Å². The van der Waals surface area contributed by atoms with Crippen LogP contribution in [-0.4, -0.2) is 81.9 Å². The molecule has 0 fully saturated rings. The summed E-state index contributed by atoms with van der Waals surface area (Å²) >= 11 is 0. The van der Waals surface area contributed by atoms with E-state index in [9.17, 15) is 23.6 Å². The molecule has 1 aliphatic rings. The molecule has 1 aliphatic heterocycles. The molecule has 2 amide bonds. The Morgan fingerprint density at radius 2 is 1.55 bits per heavy atom. The van der Waals surface area contributed by atoms with E-state index in [4.69, 9.17) is 19.3 Å². The normalized spacial score (nSPS) is 16.0. The highest BCUT2D eigenvalue weighted by Crippen LogP contribution is 2.33. The molecule has 0 aliphatic carbocycles. The number of ether oxygens (including phenoxy) is 3. The molecule has 278 valence electrons. The van der Waals surface area contributed by atoms with Gasteiger partial charge in [0.25, 0.3) is 11.6 Å². The summed E-state index contributed by atoms with van der Waals surface area (Å²) in [5, 5.41) is 7.40. The molecule has 0 saturated heterocycles. The van der Waals surface area contributed by atoms with Crippen LogP contribution in [0.3, 0.4) is 0 Å². The number of carbonyl (C=O) groups is 4. The molecule has 11 nitrogen and oxygen atoms in total. The third-order valence-electron chi connectivity index (χ3n) is 7.55. The van der Waals surface area contributed by atoms with Gasteiger partial charge < -0.3 is 24.4 Å². The summed E-state index contributed by atoms with van der Waals surface area (Å²) in [6.45, 7) is 16.2. The Kier molecular flexibility index (Phi) is 13.2. The maximum absolute atomic E-state index is 15.1. The van der Waals surface area contributed by atoms with Crippen molar-refractivity contribution in [2.75, 3.05) is 13.2 Å². The molecule has 1 N–H and O–H groups in total. The van der Waals surface area contributed by atoms with E-state index < -0.39 is 76.8 Å². The average Bonchev–Trinajstić information content (AvgIpc) is 3.38. The van der Waals surface area contributed by atoms with Crippen LogP contribution in [0.25, 0.3) is 0 Å². The molecule has 0 bridgehead atoms. The van der Waals surface area contributed by atoms with Crippen LogP contribution in [0, 0.1) is 23.0 Å². The van der Waals surface area contributed by atoms with Crippen LogP contribution < -0.4 is 5.32 Å². The number of halogens is 2. The van der Waals surface area contributed by atoms with Gasteiger partial charge in [-0.15, -0.1) is 0 Å². The van der Waals surface area contributed by atoms with Crippen molar-refractivity contribution in [3.05, 3.63) is 65.7 Å². The van der Waals surface area contributed by atoms with Gasteiger partial charge in [0.05, 0.1) is 18.0 Å². The molecular formula is C38H51F2N4O7+. The summed E-state index contributed by atoms with van der Waals surface area (Å²) in [7, 11) is 0. The van der Waals surface area contributed by atoms with Crippen LogP contribution in [0.2, 0.25) is 0 Å². The van der Waals surface area contributed by atoms with Crippen molar-refractivity contribution in [1.29, 1.82) is 0 Å². The minimum atomic E-state index is -1.24. The number of esters is 2. The molecule has 1 unspecified atom stereocenters. The minimum absolute atomic E-state index is 0.111. The summed E-state index contributed by atoms with van der Waals surface area (Å²) in [5.41, 5.74) is -1.21. The van der Waals surface area contributed by atoms with E-state index in [-0.39, 0.29) is 18.7 Å². The van der Waals surface area contributed by atoms with Crippen molar-refractivity contribution in [3.63, 3.8) is 0 Å². The monoisotopic (exact) mass is 713 g/mol. The number of rotatable bonds is 12. The fraction of sp³-hybridized carbons (Fsp3) is 0.526.